The molecular weight excluding hydrogens is 266 g/mol. The molecule has 1 aromatic heterocycles. The second kappa shape index (κ2) is 6.95. The number of benzene rings is 1. The van der Waals surface area contributed by atoms with Gasteiger partial charge in [0.2, 0.25) is 0 Å². The highest BCUT2D eigenvalue weighted by Gasteiger charge is 2.12. The molecule has 0 spiro atoms. The quantitative estimate of drug-likeness (QED) is 0.851. The molecule has 1 unspecified atom stereocenters. The molecule has 5 heteroatoms. The van der Waals surface area contributed by atoms with Gasteiger partial charge < -0.3 is 10.4 Å². The van der Waals surface area contributed by atoms with Crippen LogP contribution in [-0.4, -0.2) is 21.0 Å². The molecule has 0 saturated carbocycles. The lowest BCUT2D eigenvalue weighted by Crippen LogP contribution is -2.14. The number of hydrogen-bond donors (Lipinski definition) is 2. The van der Waals surface area contributed by atoms with E-state index in [1.807, 2.05) is 31.2 Å². The topological polar surface area (TPSA) is 75.1 Å². The largest absolute Gasteiger partial charge is 0.481 e. The number of hydrogen-bond acceptors (Lipinski definition) is 4. The van der Waals surface area contributed by atoms with Gasteiger partial charge in [-0.3, -0.25) is 14.8 Å². The first kappa shape index (κ1) is 15.1. The van der Waals surface area contributed by atoms with Crippen LogP contribution in [0.15, 0.2) is 36.7 Å². The standard InChI is InChI=1S/C16H19N3O2/c1-11-7-19-15(10-18-11)9-17-8-13-3-5-14(6-4-13)12(2)16(20)21/h3-7,10,12,17H,8-9H2,1-2H3,(H,20,21). The average Bonchev–Trinajstić information content (AvgIpc) is 2.49. The van der Waals surface area contributed by atoms with Gasteiger partial charge in [0.25, 0.3) is 0 Å². The van der Waals surface area contributed by atoms with Gasteiger partial charge in [-0.25, -0.2) is 0 Å². The molecule has 21 heavy (non-hydrogen) atoms. The van der Waals surface area contributed by atoms with E-state index in [0.717, 1.165) is 22.5 Å². The molecule has 2 N–H and O–H groups in total. The van der Waals surface area contributed by atoms with E-state index in [2.05, 4.69) is 15.3 Å². The summed E-state index contributed by atoms with van der Waals surface area (Å²) in [4.78, 5) is 19.4. The minimum absolute atomic E-state index is 0.477. The van der Waals surface area contributed by atoms with Crippen molar-refractivity contribution in [1.29, 1.82) is 0 Å². The van der Waals surface area contributed by atoms with Crippen molar-refractivity contribution in [3.63, 3.8) is 0 Å². The van der Waals surface area contributed by atoms with Crippen LogP contribution in [0.25, 0.3) is 0 Å². The molecule has 0 radical (unpaired) electrons. The van der Waals surface area contributed by atoms with Gasteiger partial charge >= 0.3 is 5.97 Å². The van der Waals surface area contributed by atoms with Gasteiger partial charge in [0.05, 0.1) is 17.3 Å². The second-order valence-electron chi connectivity index (χ2n) is 5.05. The van der Waals surface area contributed by atoms with Crippen molar-refractivity contribution in [2.75, 3.05) is 0 Å². The van der Waals surface area contributed by atoms with Gasteiger partial charge in [0.1, 0.15) is 0 Å². The Morgan fingerprint density at radius 2 is 1.90 bits per heavy atom. The summed E-state index contributed by atoms with van der Waals surface area (Å²) in [7, 11) is 0. The molecule has 0 amide bonds. The molecule has 1 aromatic carbocycles. The molecular formula is C16H19N3O2. The van der Waals surface area contributed by atoms with Crippen molar-refractivity contribution < 1.29 is 9.90 Å². The van der Waals surface area contributed by atoms with Crippen molar-refractivity contribution >= 4 is 5.97 Å². The minimum Gasteiger partial charge on any atom is -0.481 e. The summed E-state index contributed by atoms with van der Waals surface area (Å²) in [5, 5.41) is 12.3. The Hall–Kier alpha value is -2.27. The molecule has 0 bridgehead atoms. The number of carboxylic acids is 1. The smallest absolute Gasteiger partial charge is 0.310 e. The molecule has 2 aromatic rings. The number of rotatable bonds is 6. The predicted molar refractivity (Wildman–Crippen MR) is 79.8 cm³/mol. The first-order valence-corrected chi connectivity index (χ1v) is 6.86. The third-order valence-corrected chi connectivity index (χ3v) is 3.32. The zero-order valence-corrected chi connectivity index (χ0v) is 12.2. The molecule has 1 atom stereocenters. The van der Waals surface area contributed by atoms with E-state index in [-0.39, 0.29) is 0 Å². The molecule has 110 valence electrons. The number of carbonyl (C=O) groups is 1. The normalized spacial score (nSPS) is 12.1. The second-order valence-corrected chi connectivity index (χ2v) is 5.05. The molecule has 0 saturated heterocycles. The van der Waals surface area contributed by atoms with E-state index in [9.17, 15) is 4.79 Å². The van der Waals surface area contributed by atoms with E-state index >= 15 is 0 Å². The summed E-state index contributed by atoms with van der Waals surface area (Å²) in [6.07, 6.45) is 3.51. The average molecular weight is 285 g/mol. The number of aromatic nitrogens is 2. The molecule has 5 nitrogen and oxygen atoms in total. The maximum absolute atomic E-state index is 10.9. The minimum atomic E-state index is -0.807. The van der Waals surface area contributed by atoms with E-state index in [4.69, 9.17) is 5.11 Å². The Kier molecular flexibility index (Phi) is 5.00. The summed E-state index contributed by atoms with van der Waals surface area (Å²) >= 11 is 0. The van der Waals surface area contributed by atoms with Crippen LogP contribution in [0.1, 0.15) is 35.4 Å². The Labute approximate surface area is 124 Å². The molecule has 1 heterocycles. The first-order valence-electron chi connectivity index (χ1n) is 6.86. The first-order chi connectivity index (χ1) is 10.1. The maximum atomic E-state index is 10.9. The van der Waals surface area contributed by atoms with Crippen LogP contribution in [0.5, 0.6) is 0 Å². The summed E-state index contributed by atoms with van der Waals surface area (Å²) in [6, 6.07) is 7.62. The Morgan fingerprint density at radius 3 is 2.48 bits per heavy atom. The number of carboxylic acid groups (broad SMARTS) is 1. The van der Waals surface area contributed by atoms with Crippen LogP contribution < -0.4 is 5.32 Å². The lowest BCUT2D eigenvalue weighted by molar-refractivity contribution is -0.138. The Morgan fingerprint density at radius 1 is 1.19 bits per heavy atom. The van der Waals surface area contributed by atoms with Crippen molar-refractivity contribution in [3.05, 3.63) is 59.2 Å². The highest BCUT2D eigenvalue weighted by atomic mass is 16.4. The SMILES string of the molecule is Cc1cnc(CNCc2ccc(C(C)C(=O)O)cc2)cn1. The van der Waals surface area contributed by atoms with Gasteiger partial charge in [-0.05, 0) is 25.0 Å². The zero-order valence-electron chi connectivity index (χ0n) is 12.2. The van der Waals surface area contributed by atoms with Crippen molar-refractivity contribution in [1.82, 2.24) is 15.3 Å². The monoisotopic (exact) mass is 285 g/mol. The van der Waals surface area contributed by atoms with Crippen LogP contribution in [-0.2, 0) is 17.9 Å². The summed E-state index contributed by atoms with van der Waals surface area (Å²) in [5.74, 6) is -1.28. The van der Waals surface area contributed by atoms with Crippen LogP contribution in [0.3, 0.4) is 0 Å². The highest BCUT2D eigenvalue weighted by Crippen LogP contribution is 2.16. The fraction of sp³-hybridized carbons (Fsp3) is 0.312. The van der Waals surface area contributed by atoms with Crippen LogP contribution in [0.4, 0.5) is 0 Å². The van der Waals surface area contributed by atoms with Gasteiger partial charge in [-0.1, -0.05) is 24.3 Å². The fourth-order valence-electron chi connectivity index (χ4n) is 1.91. The van der Waals surface area contributed by atoms with E-state index in [0.29, 0.717) is 13.1 Å². The number of aliphatic carboxylic acids is 1. The van der Waals surface area contributed by atoms with Crippen LogP contribution in [0.2, 0.25) is 0 Å². The molecule has 0 fully saturated rings. The highest BCUT2D eigenvalue weighted by molar-refractivity contribution is 5.75. The van der Waals surface area contributed by atoms with Crippen molar-refractivity contribution in [3.8, 4) is 0 Å². The van der Waals surface area contributed by atoms with Gasteiger partial charge in [0.15, 0.2) is 0 Å². The molecule has 0 aliphatic heterocycles. The van der Waals surface area contributed by atoms with Gasteiger partial charge in [-0.15, -0.1) is 0 Å². The Balaban J connectivity index is 1.86. The third-order valence-electron chi connectivity index (χ3n) is 3.32. The lowest BCUT2D eigenvalue weighted by atomic mass is 10.0. The summed E-state index contributed by atoms with van der Waals surface area (Å²) < 4.78 is 0. The van der Waals surface area contributed by atoms with E-state index in [1.54, 1.807) is 19.3 Å². The van der Waals surface area contributed by atoms with E-state index < -0.39 is 11.9 Å². The molecule has 2 rings (SSSR count). The predicted octanol–water partition coefficient (Wildman–Crippen LogP) is 2.26. The third kappa shape index (κ3) is 4.36. The van der Waals surface area contributed by atoms with E-state index in [1.165, 1.54) is 0 Å². The van der Waals surface area contributed by atoms with Crippen LogP contribution in [0, 0.1) is 6.92 Å². The molecule has 0 aliphatic carbocycles. The van der Waals surface area contributed by atoms with Gasteiger partial charge in [-0.2, -0.15) is 0 Å². The number of aryl methyl sites for hydroxylation is 1. The van der Waals surface area contributed by atoms with Gasteiger partial charge in [0, 0.05) is 25.5 Å². The molecule has 0 aliphatic rings. The zero-order chi connectivity index (χ0) is 15.2. The number of nitrogens with zero attached hydrogens (tertiary/aromatic N) is 2. The van der Waals surface area contributed by atoms with Crippen LogP contribution >= 0.6 is 0 Å². The summed E-state index contributed by atoms with van der Waals surface area (Å²) in [6.45, 7) is 4.95. The Bertz CT molecular complexity index is 594. The van der Waals surface area contributed by atoms with Crippen molar-refractivity contribution in [2.45, 2.75) is 32.9 Å². The maximum Gasteiger partial charge on any atom is 0.310 e. The lowest BCUT2D eigenvalue weighted by Gasteiger charge is -2.08. The fourth-order valence-corrected chi connectivity index (χ4v) is 1.91. The summed E-state index contributed by atoms with van der Waals surface area (Å²) in [5.41, 5.74) is 3.73. The van der Waals surface area contributed by atoms with Crippen molar-refractivity contribution in [2.24, 2.45) is 0 Å². The number of nitrogens with one attached hydrogen (secondary N) is 1.